The van der Waals surface area contributed by atoms with Gasteiger partial charge in [0.2, 0.25) is 0 Å². The van der Waals surface area contributed by atoms with E-state index in [1.165, 1.54) is 62.5 Å². The first kappa shape index (κ1) is 23.9. The van der Waals surface area contributed by atoms with E-state index in [2.05, 4.69) is 36.1 Å². The number of carbonyl (C=O) groups excluding carboxylic acids is 1. The molecule has 29 heavy (non-hydrogen) atoms. The van der Waals surface area contributed by atoms with Crippen LogP contribution in [-0.2, 0) is 22.5 Å². The van der Waals surface area contributed by atoms with Crippen LogP contribution in [0.5, 0.6) is 0 Å². The van der Waals surface area contributed by atoms with Crippen LogP contribution in [0.2, 0.25) is 0 Å². The number of unbranched alkanes of at least 4 members (excludes halogenated alkanes) is 6. The average Bonchev–Trinajstić information content (AvgIpc) is 3.07. The lowest BCUT2D eigenvalue weighted by atomic mass is 10.0. The molecular formula is C26H43NO2. The van der Waals surface area contributed by atoms with Crippen LogP contribution in [0.3, 0.4) is 0 Å². The van der Waals surface area contributed by atoms with Crippen LogP contribution in [0.15, 0.2) is 24.3 Å². The molecule has 0 amide bonds. The van der Waals surface area contributed by atoms with Crippen molar-refractivity contribution in [2.24, 2.45) is 5.92 Å². The zero-order chi connectivity index (χ0) is 21.1. The first-order valence-corrected chi connectivity index (χ1v) is 11.9. The highest BCUT2D eigenvalue weighted by atomic mass is 16.6. The largest absolute Gasteiger partial charge is 0.460 e. The Hall–Kier alpha value is -1.35. The van der Waals surface area contributed by atoms with Crippen molar-refractivity contribution in [1.29, 1.82) is 0 Å². The third kappa shape index (κ3) is 10.3. The molecule has 1 heterocycles. The molecule has 0 aliphatic carbocycles. The number of nitrogens with zero attached hydrogens (tertiary/aromatic N) is 1. The molecule has 0 radical (unpaired) electrons. The van der Waals surface area contributed by atoms with Crippen LogP contribution in [0.25, 0.3) is 0 Å². The fourth-order valence-corrected chi connectivity index (χ4v) is 4.20. The highest BCUT2D eigenvalue weighted by Crippen LogP contribution is 2.23. The van der Waals surface area contributed by atoms with Crippen molar-refractivity contribution < 1.29 is 9.53 Å². The molecule has 1 aromatic rings. The first-order valence-electron chi connectivity index (χ1n) is 11.9. The summed E-state index contributed by atoms with van der Waals surface area (Å²) in [6, 6.07) is 9.19. The lowest BCUT2D eigenvalue weighted by Crippen LogP contribution is -2.26. The van der Waals surface area contributed by atoms with Crippen molar-refractivity contribution >= 4 is 5.97 Å². The van der Waals surface area contributed by atoms with Crippen molar-refractivity contribution in [2.75, 3.05) is 13.1 Å². The first-order chi connectivity index (χ1) is 13.9. The number of ether oxygens (including phenoxy) is 1. The highest BCUT2D eigenvalue weighted by molar-refractivity contribution is 5.70. The molecule has 1 aromatic carbocycles. The number of hydrogen-bond donors (Lipinski definition) is 0. The molecule has 3 heteroatoms. The van der Waals surface area contributed by atoms with Gasteiger partial charge in [-0.3, -0.25) is 9.69 Å². The van der Waals surface area contributed by atoms with E-state index in [1.807, 2.05) is 20.8 Å². The molecule has 0 saturated carbocycles. The Morgan fingerprint density at radius 2 is 1.62 bits per heavy atom. The van der Waals surface area contributed by atoms with Crippen LogP contribution in [0, 0.1) is 5.92 Å². The molecule has 1 fully saturated rings. The summed E-state index contributed by atoms with van der Waals surface area (Å²) in [5.41, 5.74) is 2.46. The minimum atomic E-state index is -0.383. The van der Waals surface area contributed by atoms with E-state index in [1.54, 1.807) is 0 Å². The van der Waals surface area contributed by atoms with Gasteiger partial charge in [0.05, 0.1) is 0 Å². The van der Waals surface area contributed by atoms with Crippen LogP contribution in [-0.4, -0.2) is 29.6 Å². The second-order valence-electron chi connectivity index (χ2n) is 9.87. The third-order valence-corrected chi connectivity index (χ3v) is 5.74. The monoisotopic (exact) mass is 401 g/mol. The van der Waals surface area contributed by atoms with E-state index >= 15 is 0 Å². The molecule has 0 bridgehead atoms. The predicted octanol–water partition coefficient (Wildman–Crippen LogP) is 6.53. The predicted molar refractivity (Wildman–Crippen MR) is 122 cm³/mol. The maximum absolute atomic E-state index is 12.1. The van der Waals surface area contributed by atoms with Gasteiger partial charge in [0.15, 0.2) is 0 Å². The summed E-state index contributed by atoms with van der Waals surface area (Å²) in [7, 11) is 0. The summed E-state index contributed by atoms with van der Waals surface area (Å²) in [5, 5.41) is 0. The van der Waals surface area contributed by atoms with Gasteiger partial charge < -0.3 is 4.74 Å². The van der Waals surface area contributed by atoms with Crippen molar-refractivity contribution in [3.05, 3.63) is 35.4 Å². The second kappa shape index (κ2) is 12.4. The highest BCUT2D eigenvalue weighted by Gasteiger charge is 2.26. The van der Waals surface area contributed by atoms with Crippen LogP contribution in [0.1, 0.15) is 96.6 Å². The number of esters is 1. The van der Waals surface area contributed by atoms with Crippen LogP contribution >= 0.6 is 0 Å². The molecule has 1 atom stereocenters. The fraction of sp³-hybridized carbons (Fsp3) is 0.731. The van der Waals surface area contributed by atoms with Crippen molar-refractivity contribution in [1.82, 2.24) is 4.90 Å². The molecule has 3 nitrogen and oxygen atoms in total. The number of likely N-dealkylation sites (tertiary alicyclic amines) is 1. The van der Waals surface area contributed by atoms with Gasteiger partial charge in [-0.1, -0.05) is 69.7 Å². The number of rotatable bonds is 12. The lowest BCUT2D eigenvalue weighted by molar-refractivity contribution is -0.155. The fourth-order valence-electron chi connectivity index (χ4n) is 4.20. The molecule has 164 valence electrons. The molecular weight excluding hydrogens is 358 g/mol. The zero-order valence-electron chi connectivity index (χ0n) is 19.3. The van der Waals surface area contributed by atoms with Gasteiger partial charge in [-0.25, -0.2) is 0 Å². The smallest absolute Gasteiger partial charge is 0.306 e. The quantitative estimate of drug-likeness (QED) is 0.294. The lowest BCUT2D eigenvalue weighted by Gasteiger charge is -2.21. The summed E-state index contributed by atoms with van der Waals surface area (Å²) in [6.07, 6.45) is 12.4. The Bertz CT molecular complexity index is 588. The normalized spacial score (nSPS) is 17.6. The van der Waals surface area contributed by atoms with Crippen molar-refractivity contribution in [3.8, 4) is 0 Å². The van der Waals surface area contributed by atoms with Crippen LogP contribution in [0.4, 0.5) is 0 Å². The van der Waals surface area contributed by atoms with E-state index in [4.69, 9.17) is 4.74 Å². The van der Waals surface area contributed by atoms with E-state index in [0.29, 0.717) is 12.3 Å². The maximum Gasteiger partial charge on any atom is 0.306 e. The molecule has 1 aliphatic rings. The number of aryl methyl sites for hydroxylation is 1. The standard InChI is InChI=1S/C26H43NO2/c1-5-6-7-8-9-10-11-12-22-13-15-23(16-14-22)20-27-18-17-24(21-27)19-25(28)29-26(2,3)4/h13-16,24H,5-12,17-21H2,1-4H3. The van der Waals surface area contributed by atoms with E-state index < -0.39 is 0 Å². The van der Waals surface area contributed by atoms with E-state index in [9.17, 15) is 4.79 Å². The summed E-state index contributed by atoms with van der Waals surface area (Å²) < 4.78 is 5.47. The van der Waals surface area contributed by atoms with Crippen LogP contribution < -0.4 is 0 Å². The van der Waals surface area contributed by atoms with Gasteiger partial charge in [0, 0.05) is 19.5 Å². The summed E-state index contributed by atoms with van der Waals surface area (Å²) in [4.78, 5) is 14.5. The molecule has 0 N–H and O–H groups in total. The van der Waals surface area contributed by atoms with Gasteiger partial charge in [-0.2, -0.15) is 0 Å². The van der Waals surface area contributed by atoms with Gasteiger partial charge in [-0.05, 0) is 63.6 Å². The van der Waals surface area contributed by atoms with Crippen molar-refractivity contribution in [3.63, 3.8) is 0 Å². The Kier molecular flexibility index (Phi) is 10.2. The van der Waals surface area contributed by atoms with Gasteiger partial charge >= 0.3 is 5.97 Å². The van der Waals surface area contributed by atoms with Gasteiger partial charge in [0.25, 0.3) is 0 Å². The molecule has 2 rings (SSSR count). The Balaban J connectivity index is 1.64. The second-order valence-corrected chi connectivity index (χ2v) is 9.87. The van der Waals surface area contributed by atoms with Gasteiger partial charge in [0.1, 0.15) is 5.60 Å². The number of benzene rings is 1. The molecule has 1 aliphatic heterocycles. The Labute approximate surface area is 179 Å². The third-order valence-electron chi connectivity index (χ3n) is 5.74. The Morgan fingerprint density at radius 1 is 1.00 bits per heavy atom. The summed E-state index contributed by atoms with van der Waals surface area (Å²) in [5.74, 6) is 0.375. The topological polar surface area (TPSA) is 29.5 Å². The minimum absolute atomic E-state index is 0.0564. The molecule has 1 saturated heterocycles. The summed E-state index contributed by atoms with van der Waals surface area (Å²) >= 11 is 0. The van der Waals surface area contributed by atoms with Crippen molar-refractivity contribution in [2.45, 2.75) is 104 Å². The molecule has 0 aromatic heterocycles. The van der Waals surface area contributed by atoms with E-state index in [-0.39, 0.29) is 11.6 Å². The molecule has 0 spiro atoms. The Morgan fingerprint density at radius 3 is 2.28 bits per heavy atom. The number of carbonyl (C=O) groups is 1. The number of hydrogen-bond acceptors (Lipinski definition) is 3. The average molecular weight is 402 g/mol. The minimum Gasteiger partial charge on any atom is -0.460 e. The molecule has 1 unspecified atom stereocenters. The summed E-state index contributed by atoms with van der Waals surface area (Å²) in [6.45, 7) is 11.1. The maximum atomic E-state index is 12.1. The van der Waals surface area contributed by atoms with E-state index in [0.717, 1.165) is 26.1 Å². The SMILES string of the molecule is CCCCCCCCCc1ccc(CN2CCC(CC(=O)OC(C)(C)C)C2)cc1. The zero-order valence-corrected chi connectivity index (χ0v) is 19.3. The van der Waals surface area contributed by atoms with Gasteiger partial charge in [-0.15, -0.1) is 0 Å².